The van der Waals surface area contributed by atoms with Crippen LogP contribution in [0.2, 0.25) is 0 Å². The van der Waals surface area contributed by atoms with Gasteiger partial charge in [0.1, 0.15) is 19.3 Å². The first-order valence-corrected chi connectivity index (χ1v) is 44.4. The highest BCUT2D eigenvalue weighted by atomic mass is 31.2. The molecule has 3 N–H and O–H groups in total. The maximum atomic E-state index is 13.1. The van der Waals surface area contributed by atoms with E-state index >= 15 is 0 Å². The van der Waals surface area contributed by atoms with Crippen molar-refractivity contribution in [3.63, 3.8) is 0 Å². The van der Waals surface area contributed by atoms with Gasteiger partial charge in [-0.3, -0.25) is 37.3 Å². The Morgan fingerprint density at radius 2 is 0.500 bits per heavy atom. The summed E-state index contributed by atoms with van der Waals surface area (Å²) in [7, 11) is -10.0. The van der Waals surface area contributed by atoms with Crippen LogP contribution in [0.15, 0.2) is 170 Å². The molecule has 0 bridgehead atoms. The van der Waals surface area contributed by atoms with Gasteiger partial charge in [0.2, 0.25) is 0 Å². The van der Waals surface area contributed by atoms with Crippen LogP contribution in [0.5, 0.6) is 0 Å². The number of ether oxygens (including phenoxy) is 4. The predicted molar refractivity (Wildman–Crippen MR) is 445 cm³/mol. The lowest BCUT2D eigenvalue weighted by atomic mass is 10.1. The second-order valence-electron chi connectivity index (χ2n) is 26.9. The molecule has 5 atom stereocenters. The van der Waals surface area contributed by atoms with Crippen LogP contribution in [0, 0.1) is 0 Å². The van der Waals surface area contributed by atoms with Gasteiger partial charge in [-0.15, -0.1) is 0 Å². The van der Waals surface area contributed by atoms with Crippen molar-refractivity contribution in [2.24, 2.45) is 0 Å². The number of carbonyl (C=O) groups is 4. The van der Waals surface area contributed by atoms with Crippen LogP contribution >= 0.6 is 15.6 Å². The fourth-order valence-electron chi connectivity index (χ4n) is 10.4. The third-order valence-corrected chi connectivity index (χ3v) is 18.6. The van der Waals surface area contributed by atoms with Crippen molar-refractivity contribution in [1.29, 1.82) is 0 Å². The number of rotatable bonds is 76. The quantitative estimate of drug-likeness (QED) is 0.0169. The van der Waals surface area contributed by atoms with E-state index in [0.717, 1.165) is 154 Å². The van der Waals surface area contributed by atoms with E-state index in [9.17, 15) is 43.2 Å². The number of carbonyl (C=O) groups excluding carboxylic acids is 4. The molecule has 0 aromatic carbocycles. The summed E-state index contributed by atoms with van der Waals surface area (Å²) in [5.74, 6) is -2.39. The average Bonchev–Trinajstić information content (AvgIpc) is 0.914. The van der Waals surface area contributed by atoms with Gasteiger partial charge in [-0.1, -0.05) is 301 Å². The van der Waals surface area contributed by atoms with Crippen LogP contribution in [-0.4, -0.2) is 96.7 Å². The Bertz CT molecular complexity index is 2710. The van der Waals surface area contributed by atoms with Gasteiger partial charge in [0.15, 0.2) is 12.2 Å². The molecule has 2 unspecified atom stereocenters. The molecule has 17 nitrogen and oxygen atoms in total. The highest BCUT2D eigenvalue weighted by Gasteiger charge is 2.30. The Balaban J connectivity index is 5.52. The van der Waals surface area contributed by atoms with Gasteiger partial charge in [0.05, 0.1) is 26.4 Å². The number of hydrogen-bond acceptors (Lipinski definition) is 15. The molecule has 0 rings (SSSR count). The summed E-state index contributed by atoms with van der Waals surface area (Å²) >= 11 is 0. The molecular formula is C89H146O17P2. The molecule has 0 saturated heterocycles. The minimum Gasteiger partial charge on any atom is -0.462 e. The van der Waals surface area contributed by atoms with Crippen molar-refractivity contribution in [1.82, 2.24) is 0 Å². The fraction of sp³-hybridized carbons (Fsp3) is 0.640. The SMILES string of the molecule is CC/C=C\C/C=C\C/C=C\C/C=C\C/C=C\C/C=C\CCC(=O)OC[C@H](COP(=O)(O)OC[C@@H](O)COP(=O)(O)OC[C@@H](COC(=O)CCCCCCC/C=C\CCCCCCCC)OC(=O)CC/C=C\C/C=C\C/C=C\C/C=C\C/C=C\C/C=C\CC)OC(=O)CCCCCCCCC/C=C\CCCCCC. The lowest BCUT2D eigenvalue weighted by Crippen LogP contribution is -2.30. The molecule has 0 amide bonds. The molecule has 0 aliphatic carbocycles. The Morgan fingerprint density at radius 1 is 0.269 bits per heavy atom. The Morgan fingerprint density at radius 3 is 0.824 bits per heavy atom. The van der Waals surface area contributed by atoms with E-state index in [1.54, 1.807) is 0 Å². The zero-order valence-corrected chi connectivity index (χ0v) is 69.0. The summed E-state index contributed by atoms with van der Waals surface area (Å²) in [6.07, 6.45) is 95.0. The molecule has 0 heterocycles. The lowest BCUT2D eigenvalue weighted by Gasteiger charge is -2.21. The second kappa shape index (κ2) is 79.5. The number of aliphatic hydroxyl groups is 1. The fourth-order valence-corrected chi connectivity index (χ4v) is 12.0. The topological polar surface area (TPSA) is 237 Å². The van der Waals surface area contributed by atoms with Crippen molar-refractivity contribution in [2.45, 2.75) is 329 Å². The molecule has 0 spiro atoms. The normalized spacial score (nSPS) is 14.7. The Hall–Kier alpha value is -5.58. The predicted octanol–water partition coefficient (Wildman–Crippen LogP) is 24.6. The molecule has 19 heteroatoms. The standard InChI is InChI=1S/C89H146O17P2/c1-5-9-13-17-21-25-29-33-37-39-41-43-47-50-54-58-62-66-70-74-87(92)100-80-84(105-88(93)75-71-67-63-59-55-51-46-36-32-28-24-20-16-12-8-4)81-103-107(95,96)101-77-83(90)78-102-108(97,98)104-82-85(79-99-86(91)73-69-65-61-57-53-49-45-35-31-27-23-19-15-11-7-3)106-89(94)76-72-68-64-60-56-52-48-44-42-40-38-34-30-26-22-18-14-10-6-2/h9-10,13-14,21-22,25-26,28,32-35,37-38,41-45,50,52,54,56,62,64,66,68,83-85,90H,5-8,11-12,15-20,23-24,27,29-31,36,39-40,46-49,51,53,55,57-61,63,65,67,69-82H2,1-4H3,(H,95,96)(H,97,98)/b13-9-,14-10-,25-21-,26-22-,32-28-,37-33-,38-34-,43-41-,44-42-,45-35-,54-50-,56-52-,66-62-,68-64-/t83-,84-,85-/m1/s1. The number of esters is 4. The maximum absolute atomic E-state index is 13.1. The molecule has 0 aromatic heterocycles. The van der Waals surface area contributed by atoms with E-state index in [0.29, 0.717) is 38.5 Å². The molecule has 0 radical (unpaired) electrons. The van der Waals surface area contributed by atoms with Gasteiger partial charge >= 0.3 is 39.5 Å². The van der Waals surface area contributed by atoms with Gasteiger partial charge in [-0.2, -0.15) is 0 Å². The summed E-state index contributed by atoms with van der Waals surface area (Å²) in [4.78, 5) is 73.1. The van der Waals surface area contributed by atoms with E-state index in [2.05, 4.69) is 161 Å². The van der Waals surface area contributed by atoms with Gasteiger partial charge in [0.25, 0.3) is 0 Å². The largest absolute Gasteiger partial charge is 0.472 e. The zero-order valence-electron chi connectivity index (χ0n) is 67.2. The van der Waals surface area contributed by atoms with Crippen LogP contribution < -0.4 is 0 Å². The second-order valence-corrected chi connectivity index (χ2v) is 29.8. The van der Waals surface area contributed by atoms with E-state index in [-0.39, 0.29) is 25.7 Å². The van der Waals surface area contributed by atoms with Gasteiger partial charge in [-0.25, -0.2) is 9.13 Å². The molecule has 0 aliphatic heterocycles. The first-order chi connectivity index (χ1) is 52.7. The number of phosphoric ester groups is 2. The number of aliphatic hydroxyl groups excluding tert-OH is 1. The molecule has 0 aromatic rings. The zero-order chi connectivity index (χ0) is 78.9. The smallest absolute Gasteiger partial charge is 0.462 e. The van der Waals surface area contributed by atoms with Crippen LogP contribution in [0.4, 0.5) is 0 Å². The first-order valence-electron chi connectivity index (χ1n) is 41.4. The minimum atomic E-state index is -5.01. The van der Waals surface area contributed by atoms with E-state index in [1.807, 2.05) is 36.5 Å². The lowest BCUT2D eigenvalue weighted by molar-refractivity contribution is -0.161. The third kappa shape index (κ3) is 78.5. The molecule has 614 valence electrons. The van der Waals surface area contributed by atoms with E-state index < -0.39 is 97.5 Å². The van der Waals surface area contributed by atoms with E-state index in [4.69, 9.17) is 37.0 Å². The highest BCUT2D eigenvalue weighted by Crippen LogP contribution is 2.45. The maximum Gasteiger partial charge on any atom is 0.472 e. The molecule has 0 aliphatic rings. The van der Waals surface area contributed by atoms with Gasteiger partial charge in [0, 0.05) is 25.7 Å². The van der Waals surface area contributed by atoms with Gasteiger partial charge < -0.3 is 33.8 Å². The van der Waals surface area contributed by atoms with Crippen molar-refractivity contribution >= 4 is 39.5 Å². The first kappa shape index (κ1) is 102. The number of phosphoric acid groups is 2. The van der Waals surface area contributed by atoms with E-state index in [1.165, 1.54) is 64.2 Å². The summed E-state index contributed by atoms with van der Waals surface area (Å²) in [6.45, 7) is 4.45. The molecule has 0 fully saturated rings. The van der Waals surface area contributed by atoms with Crippen molar-refractivity contribution in [2.75, 3.05) is 39.6 Å². The number of unbranched alkanes of at least 4 members (excludes halogenated alkanes) is 22. The van der Waals surface area contributed by atoms with Gasteiger partial charge in [-0.05, 0) is 154 Å². The van der Waals surface area contributed by atoms with Crippen molar-refractivity contribution in [3.05, 3.63) is 170 Å². The molecule has 108 heavy (non-hydrogen) atoms. The summed E-state index contributed by atoms with van der Waals surface area (Å²) in [6, 6.07) is 0. The van der Waals surface area contributed by atoms with Crippen molar-refractivity contribution < 1.29 is 80.2 Å². The third-order valence-electron chi connectivity index (χ3n) is 16.7. The average molecular weight is 1550 g/mol. The van der Waals surface area contributed by atoms with Crippen molar-refractivity contribution in [3.8, 4) is 0 Å². The summed E-state index contributed by atoms with van der Waals surface area (Å²) in [5.41, 5.74) is 0. The molecule has 0 saturated carbocycles. The Labute approximate surface area is 654 Å². The summed E-state index contributed by atoms with van der Waals surface area (Å²) < 4.78 is 68.5. The van der Waals surface area contributed by atoms with Crippen LogP contribution in [0.25, 0.3) is 0 Å². The minimum absolute atomic E-state index is 0.0288. The molecular weight excluding hydrogens is 1400 g/mol. The highest BCUT2D eigenvalue weighted by molar-refractivity contribution is 7.47. The number of allylic oxidation sites excluding steroid dienone is 28. The monoisotopic (exact) mass is 1550 g/mol. The summed E-state index contributed by atoms with van der Waals surface area (Å²) in [5, 5.41) is 10.7. The van der Waals surface area contributed by atoms with Crippen LogP contribution in [0.1, 0.15) is 310 Å². The number of hydrogen-bond donors (Lipinski definition) is 3. The van der Waals surface area contributed by atoms with Crippen LogP contribution in [0.3, 0.4) is 0 Å². The Kier molecular flexibility index (Phi) is 75.4. The van der Waals surface area contributed by atoms with Crippen LogP contribution in [-0.2, 0) is 65.4 Å².